The number of hydrogen-bond acceptors (Lipinski definition) is 4. The molecule has 2 aromatic heterocycles. The topological polar surface area (TPSA) is 55.2 Å². The molecule has 2 aromatic rings. The Kier molecular flexibility index (Phi) is 1.96. The first-order chi connectivity index (χ1) is 6.72. The Morgan fingerprint density at radius 3 is 2.86 bits per heavy atom. The Morgan fingerprint density at radius 1 is 1.36 bits per heavy atom. The van der Waals surface area contributed by atoms with Gasteiger partial charge in [0.25, 0.3) is 0 Å². The monoisotopic (exact) mass is 190 g/mol. The van der Waals surface area contributed by atoms with Crippen molar-refractivity contribution in [3.63, 3.8) is 0 Å². The standard InChI is InChI=1S/C10H10N2O2/c1-6-5-8(14-2)12-10-7(13)3-4-11-9(6)10/h3-5H,1-2H3,(H,11,13). The van der Waals surface area contributed by atoms with Crippen LogP contribution in [0.15, 0.2) is 18.3 Å². The van der Waals surface area contributed by atoms with Gasteiger partial charge in [-0.1, -0.05) is 0 Å². The number of fused-ring (bicyclic) bond motifs is 1. The van der Waals surface area contributed by atoms with Crippen LogP contribution in [0.5, 0.6) is 11.6 Å². The molecule has 0 aliphatic heterocycles. The van der Waals surface area contributed by atoms with Crippen LogP contribution in [0.25, 0.3) is 11.0 Å². The van der Waals surface area contributed by atoms with Crippen molar-refractivity contribution >= 4 is 11.0 Å². The lowest BCUT2D eigenvalue weighted by Crippen LogP contribution is -1.92. The Balaban J connectivity index is 2.83. The summed E-state index contributed by atoms with van der Waals surface area (Å²) in [5.41, 5.74) is 2.11. The number of aromatic hydroxyl groups is 1. The van der Waals surface area contributed by atoms with Crippen LogP contribution in [-0.2, 0) is 0 Å². The lowest BCUT2D eigenvalue weighted by atomic mass is 10.2. The Bertz CT molecular complexity index is 483. The predicted octanol–water partition coefficient (Wildman–Crippen LogP) is 1.65. The highest BCUT2D eigenvalue weighted by molar-refractivity contribution is 5.83. The third-order valence-corrected chi connectivity index (χ3v) is 2.05. The summed E-state index contributed by atoms with van der Waals surface area (Å²) >= 11 is 0. The normalized spacial score (nSPS) is 10.4. The molecule has 0 amide bonds. The zero-order chi connectivity index (χ0) is 10.1. The van der Waals surface area contributed by atoms with E-state index >= 15 is 0 Å². The first-order valence-electron chi connectivity index (χ1n) is 4.21. The summed E-state index contributed by atoms with van der Waals surface area (Å²) in [6.07, 6.45) is 1.55. The third kappa shape index (κ3) is 1.25. The zero-order valence-corrected chi connectivity index (χ0v) is 7.98. The van der Waals surface area contributed by atoms with Crippen molar-refractivity contribution in [1.82, 2.24) is 9.97 Å². The second kappa shape index (κ2) is 3.14. The van der Waals surface area contributed by atoms with Gasteiger partial charge in [-0.2, -0.15) is 0 Å². The number of rotatable bonds is 1. The molecule has 0 aromatic carbocycles. The minimum atomic E-state index is 0.122. The number of ether oxygens (including phenoxy) is 1. The van der Waals surface area contributed by atoms with Crippen molar-refractivity contribution in [1.29, 1.82) is 0 Å². The van der Waals surface area contributed by atoms with Crippen molar-refractivity contribution in [2.45, 2.75) is 6.92 Å². The molecular weight excluding hydrogens is 180 g/mol. The number of nitrogens with zero attached hydrogens (tertiary/aromatic N) is 2. The fourth-order valence-corrected chi connectivity index (χ4v) is 1.34. The van der Waals surface area contributed by atoms with Gasteiger partial charge in [0, 0.05) is 18.3 Å². The highest BCUT2D eigenvalue weighted by Crippen LogP contribution is 2.25. The van der Waals surface area contributed by atoms with Crippen molar-refractivity contribution in [2.24, 2.45) is 0 Å². The molecule has 0 saturated carbocycles. The molecule has 14 heavy (non-hydrogen) atoms. The lowest BCUT2D eigenvalue weighted by Gasteiger charge is -2.05. The van der Waals surface area contributed by atoms with Gasteiger partial charge < -0.3 is 9.84 Å². The van der Waals surface area contributed by atoms with Gasteiger partial charge in [0.15, 0.2) is 0 Å². The van der Waals surface area contributed by atoms with Gasteiger partial charge in [0.1, 0.15) is 11.3 Å². The average molecular weight is 190 g/mol. The Hall–Kier alpha value is -1.84. The zero-order valence-electron chi connectivity index (χ0n) is 7.98. The van der Waals surface area contributed by atoms with E-state index in [2.05, 4.69) is 9.97 Å². The van der Waals surface area contributed by atoms with Gasteiger partial charge in [0.2, 0.25) is 5.88 Å². The predicted molar refractivity (Wildman–Crippen MR) is 52.5 cm³/mol. The fourth-order valence-electron chi connectivity index (χ4n) is 1.34. The van der Waals surface area contributed by atoms with Gasteiger partial charge in [-0.3, -0.25) is 4.98 Å². The van der Waals surface area contributed by atoms with Crippen molar-refractivity contribution in [3.05, 3.63) is 23.9 Å². The van der Waals surface area contributed by atoms with Gasteiger partial charge in [-0.05, 0) is 12.5 Å². The number of pyridine rings is 2. The summed E-state index contributed by atoms with van der Waals surface area (Å²) < 4.78 is 5.01. The smallest absolute Gasteiger partial charge is 0.214 e. The van der Waals surface area contributed by atoms with Crippen LogP contribution in [0.1, 0.15) is 5.56 Å². The van der Waals surface area contributed by atoms with Gasteiger partial charge in [-0.25, -0.2) is 4.98 Å². The summed E-state index contributed by atoms with van der Waals surface area (Å²) in [6, 6.07) is 3.29. The largest absolute Gasteiger partial charge is 0.506 e. The van der Waals surface area contributed by atoms with E-state index in [0.717, 1.165) is 5.56 Å². The van der Waals surface area contributed by atoms with E-state index in [-0.39, 0.29) is 5.75 Å². The summed E-state index contributed by atoms with van der Waals surface area (Å²) in [5.74, 6) is 0.607. The molecule has 0 unspecified atom stereocenters. The van der Waals surface area contributed by atoms with Crippen LogP contribution in [0.3, 0.4) is 0 Å². The van der Waals surface area contributed by atoms with E-state index in [0.29, 0.717) is 16.9 Å². The minimum absolute atomic E-state index is 0.122. The molecule has 0 atom stereocenters. The summed E-state index contributed by atoms with van der Waals surface area (Å²) in [4.78, 5) is 8.26. The average Bonchev–Trinajstić information content (AvgIpc) is 2.19. The molecule has 0 saturated heterocycles. The van der Waals surface area contributed by atoms with Gasteiger partial charge >= 0.3 is 0 Å². The molecule has 2 rings (SSSR count). The van der Waals surface area contributed by atoms with E-state index in [9.17, 15) is 5.11 Å². The van der Waals surface area contributed by atoms with E-state index < -0.39 is 0 Å². The molecule has 0 aliphatic rings. The quantitative estimate of drug-likeness (QED) is 0.742. The Morgan fingerprint density at radius 2 is 2.14 bits per heavy atom. The molecule has 0 spiro atoms. The number of methoxy groups -OCH3 is 1. The van der Waals surface area contributed by atoms with Gasteiger partial charge in [0.05, 0.1) is 12.6 Å². The maximum absolute atomic E-state index is 9.56. The van der Waals surface area contributed by atoms with Crippen molar-refractivity contribution < 1.29 is 9.84 Å². The van der Waals surface area contributed by atoms with E-state index in [1.54, 1.807) is 19.4 Å². The first kappa shape index (κ1) is 8.74. The second-order valence-corrected chi connectivity index (χ2v) is 3.01. The van der Waals surface area contributed by atoms with E-state index in [4.69, 9.17) is 4.74 Å². The van der Waals surface area contributed by atoms with Crippen LogP contribution in [0, 0.1) is 6.92 Å². The maximum Gasteiger partial charge on any atom is 0.214 e. The van der Waals surface area contributed by atoms with Crippen LogP contribution >= 0.6 is 0 Å². The van der Waals surface area contributed by atoms with Crippen LogP contribution in [0.2, 0.25) is 0 Å². The second-order valence-electron chi connectivity index (χ2n) is 3.01. The molecule has 0 radical (unpaired) electrons. The molecule has 0 aliphatic carbocycles. The van der Waals surface area contributed by atoms with Crippen molar-refractivity contribution in [3.8, 4) is 11.6 Å². The highest BCUT2D eigenvalue weighted by atomic mass is 16.5. The number of aryl methyl sites for hydroxylation is 1. The van der Waals surface area contributed by atoms with E-state index in [1.165, 1.54) is 6.07 Å². The fraction of sp³-hybridized carbons (Fsp3) is 0.200. The number of aromatic nitrogens is 2. The van der Waals surface area contributed by atoms with E-state index in [1.807, 2.05) is 6.92 Å². The number of hydrogen-bond donors (Lipinski definition) is 1. The molecule has 72 valence electrons. The molecule has 0 bridgehead atoms. The van der Waals surface area contributed by atoms with Gasteiger partial charge in [-0.15, -0.1) is 0 Å². The maximum atomic E-state index is 9.56. The molecular formula is C10H10N2O2. The minimum Gasteiger partial charge on any atom is -0.506 e. The molecule has 4 nitrogen and oxygen atoms in total. The molecule has 4 heteroatoms. The van der Waals surface area contributed by atoms with Crippen molar-refractivity contribution in [2.75, 3.05) is 7.11 Å². The third-order valence-electron chi connectivity index (χ3n) is 2.05. The summed E-state index contributed by atoms with van der Waals surface area (Å²) in [6.45, 7) is 1.90. The lowest BCUT2D eigenvalue weighted by molar-refractivity contribution is 0.398. The summed E-state index contributed by atoms with van der Waals surface area (Å²) in [5, 5.41) is 9.56. The SMILES string of the molecule is COc1cc(C)c2nccc(O)c2n1. The molecule has 2 heterocycles. The van der Waals surface area contributed by atoms with Crippen LogP contribution < -0.4 is 4.74 Å². The van der Waals surface area contributed by atoms with Crippen LogP contribution in [-0.4, -0.2) is 22.2 Å². The van der Waals surface area contributed by atoms with Crippen LogP contribution in [0.4, 0.5) is 0 Å². The molecule has 0 fully saturated rings. The molecule has 1 N–H and O–H groups in total. The first-order valence-corrected chi connectivity index (χ1v) is 4.21. The summed E-state index contributed by atoms with van der Waals surface area (Å²) in [7, 11) is 1.54. The Labute approximate surface area is 81.2 Å². The highest BCUT2D eigenvalue weighted by Gasteiger charge is 2.07.